The first-order chi connectivity index (χ1) is 11.4. The summed E-state index contributed by atoms with van der Waals surface area (Å²) in [7, 11) is -1.38. The minimum Gasteiger partial charge on any atom is -0.497 e. The number of carbonyl (C=O) groups is 2. The molecule has 1 N–H and O–H groups in total. The normalized spacial score (nSPS) is 10.8. The maximum atomic E-state index is 12.5. The number of para-hydroxylation sites is 1. The number of hydrogen-bond acceptors (Lipinski definition) is 6. The number of benzene rings is 2. The van der Waals surface area contributed by atoms with Crippen molar-refractivity contribution in [2.45, 2.75) is 4.90 Å². The SMILES string of the molecule is COC(=O)c1cccc(C=O)c1NS(=O)(=O)c1ccc(OC)cc1. The molecule has 0 fully saturated rings. The zero-order chi connectivity index (χ0) is 17.7. The summed E-state index contributed by atoms with van der Waals surface area (Å²) in [6.45, 7) is 0. The van der Waals surface area contributed by atoms with Gasteiger partial charge in [-0.25, -0.2) is 13.2 Å². The summed E-state index contributed by atoms with van der Waals surface area (Å²) in [5.74, 6) is -0.261. The van der Waals surface area contributed by atoms with E-state index in [1.807, 2.05) is 0 Å². The van der Waals surface area contributed by atoms with E-state index in [2.05, 4.69) is 9.46 Å². The number of carbonyl (C=O) groups excluding carboxylic acids is 2. The molecule has 0 spiro atoms. The standard InChI is InChI=1S/C16H15NO6S/c1-22-12-6-8-13(9-7-12)24(20,21)17-15-11(10-18)4-3-5-14(15)16(19)23-2/h3-10,17H,1-2H3. The van der Waals surface area contributed by atoms with Crippen molar-refractivity contribution in [1.29, 1.82) is 0 Å². The number of rotatable bonds is 6. The second-order valence-corrected chi connectivity index (χ2v) is 6.34. The van der Waals surface area contributed by atoms with Gasteiger partial charge in [-0.15, -0.1) is 0 Å². The fourth-order valence-electron chi connectivity index (χ4n) is 2.01. The van der Waals surface area contributed by atoms with Crippen LogP contribution in [0.1, 0.15) is 20.7 Å². The van der Waals surface area contributed by atoms with Crippen LogP contribution in [-0.4, -0.2) is 34.9 Å². The van der Waals surface area contributed by atoms with Crippen molar-refractivity contribution < 1.29 is 27.5 Å². The van der Waals surface area contributed by atoms with E-state index in [0.717, 1.165) is 7.11 Å². The van der Waals surface area contributed by atoms with Crippen LogP contribution in [0.4, 0.5) is 5.69 Å². The fourth-order valence-corrected chi connectivity index (χ4v) is 3.12. The van der Waals surface area contributed by atoms with Crippen molar-refractivity contribution in [1.82, 2.24) is 0 Å². The molecule has 0 bridgehead atoms. The Hall–Kier alpha value is -2.87. The molecular formula is C16H15NO6S. The van der Waals surface area contributed by atoms with Crippen molar-refractivity contribution in [2.24, 2.45) is 0 Å². The van der Waals surface area contributed by atoms with Crippen LogP contribution in [0.25, 0.3) is 0 Å². The number of ether oxygens (including phenoxy) is 2. The third-order valence-corrected chi connectivity index (χ3v) is 4.60. The molecule has 24 heavy (non-hydrogen) atoms. The molecule has 0 heterocycles. The van der Waals surface area contributed by atoms with Gasteiger partial charge in [0.15, 0.2) is 6.29 Å². The first-order valence-corrected chi connectivity index (χ1v) is 8.24. The zero-order valence-corrected chi connectivity index (χ0v) is 13.8. The third kappa shape index (κ3) is 3.54. The van der Waals surface area contributed by atoms with Crippen molar-refractivity contribution in [3.8, 4) is 5.75 Å². The van der Waals surface area contributed by atoms with E-state index in [4.69, 9.17) is 4.74 Å². The lowest BCUT2D eigenvalue weighted by molar-refractivity contribution is 0.0602. The molecule has 0 atom stereocenters. The van der Waals surface area contributed by atoms with Crippen molar-refractivity contribution >= 4 is 28.0 Å². The first kappa shape index (κ1) is 17.5. The topological polar surface area (TPSA) is 98.8 Å². The Bertz CT molecular complexity index is 859. The molecule has 2 rings (SSSR count). The second kappa shape index (κ2) is 7.14. The molecule has 0 amide bonds. The maximum Gasteiger partial charge on any atom is 0.340 e. The van der Waals surface area contributed by atoms with Gasteiger partial charge in [-0.05, 0) is 36.4 Å². The highest BCUT2D eigenvalue weighted by Crippen LogP contribution is 2.25. The molecule has 0 radical (unpaired) electrons. The van der Waals surface area contributed by atoms with Gasteiger partial charge in [0.05, 0.1) is 30.4 Å². The number of nitrogens with one attached hydrogen (secondary N) is 1. The van der Waals surface area contributed by atoms with Crippen molar-refractivity contribution in [3.05, 3.63) is 53.6 Å². The summed E-state index contributed by atoms with van der Waals surface area (Å²) >= 11 is 0. The average Bonchev–Trinajstić information content (AvgIpc) is 2.61. The minimum atomic E-state index is -4.01. The molecule has 0 unspecified atom stereocenters. The van der Waals surface area contributed by atoms with E-state index in [1.54, 1.807) is 0 Å². The molecule has 126 valence electrons. The lowest BCUT2D eigenvalue weighted by atomic mass is 10.1. The predicted octanol–water partition coefficient (Wildman–Crippen LogP) is 2.10. The van der Waals surface area contributed by atoms with Gasteiger partial charge in [0.1, 0.15) is 5.75 Å². The molecule has 7 nitrogen and oxygen atoms in total. The number of hydrogen-bond donors (Lipinski definition) is 1. The highest BCUT2D eigenvalue weighted by molar-refractivity contribution is 7.92. The van der Waals surface area contributed by atoms with E-state index >= 15 is 0 Å². The van der Waals surface area contributed by atoms with Gasteiger partial charge in [-0.2, -0.15) is 0 Å². The van der Waals surface area contributed by atoms with E-state index in [1.165, 1.54) is 49.6 Å². The molecule has 0 aliphatic heterocycles. The Labute approximate surface area is 139 Å². The van der Waals surface area contributed by atoms with Gasteiger partial charge >= 0.3 is 5.97 Å². The number of esters is 1. The molecule has 2 aromatic rings. The summed E-state index contributed by atoms with van der Waals surface area (Å²) in [5, 5.41) is 0. The Kier molecular flexibility index (Phi) is 5.20. The predicted molar refractivity (Wildman–Crippen MR) is 87.0 cm³/mol. The van der Waals surface area contributed by atoms with Crippen molar-refractivity contribution in [3.63, 3.8) is 0 Å². The molecule has 0 aliphatic carbocycles. The molecule has 0 saturated heterocycles. The Morgan fingerprint density at radius 3 is 2.29 bits per heavy atom. The average molecular weight is 349 g/mol. The van der Waals surface area contributed by atoms with E-state index in [9.17, 15) is 18.0 Å². The molecule has 8 heteroatoms. The van der Waals surface area contributed by atoms with E-state index in [-0.39, 0.29) is 21.7 Å². The summed E-state index contributed by atoms with van der Waals surface area (Å²) in [6.07, 6.45) is 0.457. The largest absolute Gasteiger partial charge is 0.497 e. The van der Waals surface area contributed by atoms with Crippen molar-refractivity contribution in [2.75, 3.05) is 18.9 Å². The Balaban J connectivity index is 2.48. The number of methoxy groups -OCH3 is 2. The maximum absolute atomic E-state index is 12.5. The summed E-state index contributed by atoms with van der Waals surface area (Å²) < 4.78 is 36.9. The van der Waals surface area contributed by atoms with Crippen LogP contribution in [0.2, 0.25) is 0 Å². The number of aldehydes is 1. The highest BCUT2D eigenvalue weighted by atomic mass is 32.2. The van der Waals surface area contributed by atoms with E-state index < -0.39 is 16.0 Å². The van der Waals surface area contributed by atoms with E-state index in [0.29, 0.717) is 12.0 Å². The van der Waals surface area contributed by atoms with Gasteiger partial charge in [-0.1, -0.05) is 6.07 Å². The zero-order valence-electron chi connectivity index (χ0n) is 13.0. The third-order valence-electron chi connectivity index (χ3n) is 3.24. The van der Waals surface area contributed by atoms with Gasteiger partial charge in [-0.3, -0.25) is 9.52 Å². The van der Waals surface area contributed by atoms with Crippen LogP contribution < -0.4 is 9.46 Å². The molecule has 0 aromatic heterocycles. The summed E-state index contributed by atoms with van der Waals surface area (Å²) in [5.41, 5.74) is -0.163. The quantitative estimate of drug-likeness (QED) is 0.633. The van der Waals surface area contributed by atoms with Crippen LogP contribution in [0.5, 0.6) is 5.75 Å². The van der Waals surface area contributed by atoms with Crippen LogP contribution in [0.15, 0.2) is 47.4 Å². The molecule has 0 aliphatic rings. The second-order valence-electron chi connectivity index (χ2n) is 4.66. The summed E-state index contributed by atoms with van der Waals surface area (Å²) in [6, 6.07) is 9.89. The Morgan fingerprint density at radius 1 is 1.08 bits per heavy atom. The van der Waals surface area contributed by atoms with Gasteiger partial charge < -0.3 is 9.47 Å². The highest BCUT2D eigenvalue weighted by Gasteiger charge is 2.21. The smallest absolute Gasteiger partial charge is 0.340 e. The lowest BCUT2D eigenvalue weighted by Gasteiger charge is -2.13. The molecule has 2 aromatic carbocycles. The van der Waals surface area contributed by atoms with Crippen LogP contribution >= 0.6 is 0 Å². The fraction of sp³-hybridized carbons (Fsp3) is 0.125. The van der Waals surface area contributed by atoms with Crippen LogP contribution in [0.3, 0.4) is 0 Å². The van der Waals surface area contributed by atoms with Gasteiger partial charge in [0.25, 0.3) is 10.0 Å². The number of anilines is 1. The van der Waals surface area contributed by atoms with Crippen LogP contribution in [-0.2, 0) is 14.8 Å². The molecular weight excluding hydrogens is 334 g/mol. The summed E-state index contributed by atoms with van der Waals surface area (Å²) in [4.78, 5) is 23.0. The first-order valence-electron chi connectivity index (χ1n) is 6.76. The lowest BCUT2D eigenvalue weighted by Crippen LogP contribution is -2.17. The monoisotopic (exact) mass is 349 g/mol. The Morgan fingerprint density at radius 2 is 1.75 bits per heavy atom. The number of sulfonamides is 1. The minimum absolute atomic E-state index is 0.0231. The van der Waals surface area contributed by atoms with Gasteiger partial charge in [0.2, 0.25) is 0 Å². The van der Waals surface area contributed by atoms with Gasteiger partial charge in [0, 0.05) is 5.56 Å². The van der Waals surface area contributed by atoms with Crippen LogP contribution in [0, 0.1) is 0 Å². The molecule has 0 saturated carbocycles.